The van der Waals surface area contributed by atoms with Crippen LogP contribution in [0, 0.1) is 0 Å². The van der Waals surface area contributed by atoms with Gasteiger partial charge in [0.25, 0.3) is 5.91 Å². The number of para-hydroxylation sites is 2. The van der Waals surface area contributed by atoms with Crippen molar-refractivity contribution in [2.75, 3.05) is 13.2 Å². The minimum absolute atomic E-state index is 0.0140. The number of imidazole rings is 1. The third-order valence-corrected chi connectivity index (χ3v) is 3.12. The smallest absolute Gasteiger partial charge is 0.325 e. The van der Waals surface area contributed by atoms with Crippen molar-refractivity contribution in [1.82, 2.24) is 15.3 Å². The van der Waals surface area contributed by atoms with Crippen LogP contribution in [0.2, 0.25) is 0 Å². The Kier molecular flexibility index (Phi) is 5.54. The van der Waals surface area contributed by atoms with E-state index in [9.17, 15) is 9.59 Å². The molecular formula is C14H16N6O3. The molecule has 0 saturated carbocycles. The molecule has 1 aromatic carbocycles. The van der Waals surface area contributed by atoms with Crippen molar-refractivity contribution >= 4 is 22.9 Å². The first-order chi connectivity index (χ1) is 11.1. The molecule has 0 aliphatic carbocycles. The molecule has 1 unspecified atom stereocenters. The van der Waals surface area contributed by atoms with E-state index in [1.54, 1.807) is 12.1 Å². The van der Waals surface area contributed by atoms with Crippen molar-refractivity contribution in [3.05, 3.63) is 40.5 Å². The van der Waals surface area contributed by atoms with Crippen LogP contribution < -0.4 is 5.32 Å². The van der Waals surface area contributed by atoms with E-state index in [1.807, 2.05) is 19.1 Å². The summed E-state index contributed by atoms with van der Waals surface area (Å²) in [6, 6.07) is 6.81. The lowest BCUT2D eigenvalue weighted by Crippen LogP contribution is -2.32. The highest BCUT2D eigenvalue weighted by Gasteiger charge is 2.14. The predicted molar refractivity (Wildman–Crippen MR) is 82.6 cm³/mol. The number of benzene rings is 1. The van der Waals surface area contributed by atoms with Gasteiger partial charge in [-0.25, -0.2) is 4.98 Å². The molecule has 9 nitrogen and oxygen atoms in total. The summed E-state index contributed by atoms with van der Waals surface area (Å²) >= 11 is 0. The van der Waals surface area contributed by atoms with Gasteiger partial charge in [0.1, 0.15) is 6.54 Å². The number of aromatic nitrogens is 2. The van der Waals surface area contributed by atoms with Crippen molar-refractivity contribution in [2.45, 2.75) is 19.4 Å². The minimum Gasteiger partial charge on any atom is -0.464 e. The first-order valence-electron chi connectivity index (χ1n) is 7.06. The number of carbonyl (C=O) groups is 2. The minimum atomic E-state index is -0.610. The van der Waals surface area contributed by atoms with Crippen molar-refractivity contribution < 1.29 is 14.3 Å². The molecule has 23 heavy (non-hydrogen) atoms. The van der Waals surface area contributed by atoms with Crippen LogP contribution in [0.1, 0.15) is 24.0 Å². The van der Waals surface area contributed by atoms with Crippen LogP contribution in [0.3, 0.4) is 0 Å². The molecule has 1 atom stereocenters. The number of carbonyl (C=O) groups excluding carboxylic acids is 2. The average Bonchev–Trinajstić information content (AvgIpc) is 3.00. The quantitative estimate of drug-likeness (QED) is 0.349. The van der Waals surface area contributed by atoms with Gasteiger partial charge < -0.3 is 15.0 Å². The number of amides is 1. The van der Waals surface area contributed by atoms with Crippen LogP contribution in [0.4, 0.5) is 0 Å². The summed E-state index contributed by atoms with van der Waals surface area (Å²) in [5.74, 6) is -0.985. The topological polar surface area (TPSA) is 133 Å². The number of hydrogen-bond donors (Lipinski definition) is 2. The number of hydrogen-bond acceptors (Lipinski definition) is 5. The van der Waals surface area contributed by atoms with Gasteiger partial charge >= 0.3 is 5.97 Å². The maximum absolute atomic E-state index is 11.9. The molecule has 0 saturated heterocycles. The van der Waals surface area contributed by atoms with Gasteiger partial charge in [-0.15, -0.1) is 0 Å². The highest BCUT2D eigenvalue weighted by atomic mass is 16.5. The molecule has 2 rings (SSSR count). The maximum atomic E-state index is 11.9. The van der Waals surface area contributed by atoms with E-state index in [0.717, 1.165) is 5.52 Å². The second kappa shape index (κ2) is 7.81. The van der Waals surface area contributed by atoms with Gasteiger partial charge in [0.15, 0.2) is 5.82 Å². The Morgan fingerprint density at radius 2 is 2.26 bits per heavy atom. The zero-order valence-corrected chi connectivity index (χ0v) is 12.5. The maximum Gasteiger partial charge on any atom is 0.325 e. The summed E-state index contributed by atoms with van der Waals surface area (Å²) in [5.41, 5.74) is 9.75. The third kappa shape index (κ3) is 4.45. The number of azide groups is 1. The summed E-state index contributed by atoms with van der Waals surface area (Å²) in [6.07, 6.45) is 0.558. The van der Waals surface area contributed by atoms with E-state index in [-0.39, 0.29) is 19.0 Å². The molecule has 120 valence electrons. The lowest BCUT2D eigenvalue weighted by molar-refractivity contribution is -0.142. The second-order valence-corrected chi connectivity index (χ2v) is 4.74. The number of rotatable bonds is 7. The zero-order valence-electron chi connectivity index (χ0n) is 12.5. The van der Waals surface area contributed by atoms with Gasteiger partial charge in [0, 0.05) is 4.91 Å². The molecule has 9 heteroatoms. The number of esters is 1. The molecule has 0 radical (unpaired) electrons. The molecular weight excluding hydrogens is 300 g/mol. The van der Waals surface area contributed by atoms with E-state index in [1.165, 1.54) is 0 Å². The number of H-pyrrole nitrogens is 1. The second-order valence-electron chi connectivity index (χ2n) is 4.74. The Morgan fingerprint density at radius 1 is 1.48 bits per heavy atom. The van der Waals surface area contributed by atoms with Gasteiger partial charge in [-0.1, -0.05) is 24.2 Å². The van der Waals surface area contributed by atoms with E-state index in [0.29, 0.717) is 11.9 Å². The summed E-state index contributed by atoms with van der Waals surface area (Å²) in [4.78, 5) is 33.2. The number of ether oxygens (including phenoxy) is 1. The van der Waals surface area contributed by atoms with E-state index in [4.69, 9.17) is 10.3 Å². The molecule has 1 amide bonds. The van der Waals surface area contributed by atoms with Gasteiger partial charge in [-0.3, -0.25) is 9.59 Å². The number of fused-ring (bicyclic) bond motifs is 1. The van der Waals surface area contributed by atoms with E-state index < -0.39 is 17.9 Å². The molecule has 0 spiro atoms. The van der Waals surface area contributed by atoms with Gasteiger partial charge in [-0.2, -0.15) is 0 Å². The van der Waals surface area contributed by atoms with Gasteiger partial charge in [0.2, 0.25) is 0 Å². The van der Waals surface area contributed by atoms with Crippen LogP contribution in [0.15, 0.2) is 29.4 Å². The summed E-state index contributed by atoms with van der Waals surface area (Å²) in [6.45, 7) is 1.51. The number of nitrogens with one attached hydrogen (secondary N) is 2. The fourth-order valence-corrected chi connectivity index (χ4v) is 1.84. The van der Waals surface area contributed by atoms with Gasteiger partial charge in [0.05, 0.1) is 23.7 Å². The summed E-state index contributed by atoms with van der Waals surface area (Å²) in [5, 5.41) is 5.91. The van der Waals surface area contributed by atoms with E-state index in [2.05, 4.69) is 25.3 Å². The molecule has 0 bridgehead atoms. The monoisotopic (exact) mass is 316 g/mol. The molecule has 0 aliphatic rings. The Hall–Kier alpha value is -3.06. The third-order valence-electron chi connectivity index (χ3n) is 3.12. The fraction of sp³-hybridized carbons (Fsp3) is 0.357. The van der Waals surface area contributed by atoms with Gasteiger partial charge in [-0.05, 0) is 24.1 Å². The molecule has 0 fully saturated rings. The predicted octanol–water partition coefficient (Wildman–Crippen LogP) is 1.92. The fourth-order valence-electron chi connectivity index (χ4n) is 1.84. The highest BCUT2D eigenvalue weighted by molar-refractivity contribution is 5.95. The standard InChI is InChI=1S/C14H16N6O3/c1-2-9(19-20-15)8-23-12(21)7-16-14(22)13-17-10-5-3-4-6-11(10)18-13/h3-6,9H,2,7-8H2,1H3,(H,16,22)(H,17,18). The van der Waals surface area contributed by atoms with Crippen LogP contribution in [-0.2, 0) is 9.53 Å². The molecule has 1 heterocycles. The van der Waals surface area contributed by atoms with E-state index >= 15 is 0 Å². The Balaban J connectivity index is 1.83. The lowest BCUT2D eigenvalue weighted by atomic mass is 10.3. The summed E-state index contributed by atoms with van der Waals surface area (Å²) in [7, 11) is 0. The molecule has 2 N–H and O–H groups in total. The van der Waals surface area contributed by atoms with Crippen LogP contribution in [-0.4, -0.2) is 41.0 Å². The zero-order chi connectivity index (χ0) is 16.7. The number of nitrogens with zero attached hydrogens (tertiary/aromatic N) is 4. The van der Waals surface area contributed by atoms with Crippen molar-refractivity contribution in [2.24, 2.45) is 5.11 Å². The molecule has 1 aromatic heterocycles. The normalized spacial score (nSPS) is 11.5. The first-order valence-corrected chi connectivity index (χ1v) is 7.06. The van der Waals surface area contributed by atoms with Crippen molar-refractivity contribution in [1.29, 1.82) is 0 Å². The van der Waals surface area contributed by atoms with Crippen LogP contribution >= 0.6 is 0 Å². The Bertz CT molecular complexity index is 717. The Labute approximate surface area is 131 Å². The average molecular weight is 316 g/mol. The lowest BCUT2D eigenvalue weighted by Gasteiger charge is -2.09. The molecule has 0 aliphatic heterocycles. The molecule has 2 aromatic rings. The van der Waals surface area contributed by atoms with Crippen molar-refractivity contribution in [3.63, 3.8) is 0 Å². The first kappa shape index (κ1) is 16.3. The number of aromatic amines is 1. The van der Waals surface area contributed by atoms with Crippen LogP contribution in [0.5, 0.6) is 0 Å². The van der Waals surface area contributed by atoms with Crippen LogP contribution in [0.25, 0.3) is 21.5 Å². The summed E-state index contributed by atoms with van der Waals surface area (Å²) < 4.78 is 4.94. The van der Waals surface area contributed by atoms with Crippen molar-refractivity contribution in [3.8, 4) is 0 Å². The Morgan fingerprint density at radius 3 is 2.96 bits per heavy atom. The largest absolute Gasteiger partial charge is 0.464 e. The highest BCUT2D eigenvalue weighted by Crippen LogP contribution is 2.09. The SMILES string of the molecule is CCC(COC(=O)CNC(=O)c1nc2ccccc2[nH]1)N=[N+]=[N-].